The van der Waals surface area contributed by atoms with Gasteiger partial charge in [0.25, 0.3) is 0 Å². The largest absolute Gasteiger partial charge is 0.290 e. The monoisotopic (exact) mass is 433 g/mol. The van der Waals surface area contributed by atoms with Crippen molar-refractivity contribution in [1.29, 1.82) is 0 Å². The fourth-order valence-corrected chi connectivity index (χ4v) is 3.98. The molecule has 0 amide bonds. The van der Waals surface area contributed by atoms with Gasteiger partial charge in [-0.3, -0.25) is 4.90 Å². The average Bonchev–Trinajstić information content (AvgIpc) is 3.24. The summed E-state index contributed by atoms with van der Waals surface area (Å²) in [6.07, 6.45) is -2.51. The van der Waals surface area contributed by atoms with Crippen LogP contribution in [0.2, 0.25) is 0 Å². The average molecular weight is 433 g/mol. The summed E-state index contributed by atoms with van der Waals surface area (Å²) in [6, 6.07) is 15.7. The van der Waals surface area contributed by atoms with Gasteiger partial charge in [0.2, 0.25) is 10.0 Å². The lowest BCUT2D eigenvalue weighted by atomic mass is 10.1. The summed E-state index contributed by atoms with van der Waals surface area (Å²) in [5.74, 6) is 1.07. The summed E-state index contributed by atoms with van der Waals surface area (Å²) in [5, 5.41) is 9.69. The van der Waals surface area contributed by atoms with E-state index in [4.69, 9.17) is 5.14 Å². The van der Waals surface area contributed by atoms with E-state index in [-0.39, 0.29) is 24.5 Å². The van der Waals surface area contributed by atoms with Crippen LogP contribution in [0.5, 0.6) is 0 Å². The molecule has 1 fully saturated rings. The van der Waals surface area contributed by atoms with Gasteiger partial charge in [-0.25, -0.2) is 32.0 Å². The van der Waals surface area contributed by atoms with Gasteiger partial charge in [-0.15, -0.1) is 5.10 Å². The predicted molar refractivity (Wildman–Crippen MR) is 107 cm³/mol. The van der Waals surface area contributed by atoms with E-state index in [1.165, 1.54) is 12.1 Å². The van der Waals surface area contributed by atoms with Gasteiger partial charge in [-0.2, -0.15) is 0 Å². The maximum atomic E-state index is 13.5. The van der Waals surface area contributed by atoms with E-state index in [0.29, 0.717) is 23.8 Å². The zero-order valence-corrected chi connectivity index (χ0v) is 16.8. The summed E-state index contributed by atoms with van der Waals surface area (Å²) < 4.78 is 51.7. The lowest BCUT2D eigenvalue weighted by Gasteiger charge is -2.10. The number of primary sulfonamides is 1. The second-order valence-corrected chi connectivity index (χ2v) is 8.84. The highest BCUT2D eigenvalue weighted by Crippen LogP contribution is 2.20. The van der Waals surface area contributed by atoms with Crippen LogP contribution in [0.15, 0.2) is 59.5 Å². The molecule has 158 valence electrons. The molecule has 4 rings (SSSR count). The van der Waals surface area contributed by atoms with Gasteiger partial charge < -0.3 is 0 Å². The van der Waals surface area contributed by atoms with E-state index in [0.717, 1.165) is 5.56 Å². The summed E-state index contributed by atoms with van der Waals surface area (Å²) in [6.45, 7) is 0.241. The lowest BCUT2D eigenvalue weighted by Crippen LogP contribution is -2.21. The molecule has 2 atom stereocenters. The number of benzene rings is 2. The molecule has 0 saturated carbocycles. The van der Waals surface area contributed by atoms with Gasteiger partial charge >= 0.3 is 0 Å². The zero-order chi connectivity index (χ0) is 21.3. The molecule has 0 aliphatic carbocycles. The first kappa shape index (κ1) is 20.6. The van der Waals surface area contributed by atoms with Crippen LogP contribution < -0.4 is 5.14 Å². The molecule has 10 heteroatoms. The topological polar surface area (TPSA) is 94.1 Å². The minimum absolute atomic E-state index is 0.00348. The Labute approximate surface area is 173 Å². The molecule has 2 aromatic carbocycles. The molecule has 7 nitrogen and oxygen atoms in total. The molecule has 1 aromatic heterocycles. The number of aromatic nitrogens is 3. The Bertz CT molecular complexity index is 1110. The lowest BCUT2D eigenvalue weighted by molar-refractivity contribution is 0.217. The first-order valence-electron chi connectivity index (χ1n) is 9.42. The fourth-order valence-electron chi connectivity index (χ4n) is 3.46. The van der Waals surface area contributed by atoms with Crippen molar-refractivity contribution in [2.75, 3.05) is 13.1 Å². The van der Waals surface area contributed by atoms with Crippen molar-refractivity contribution in [3.8, 4) is 5.69 Å². The molecule has 0 spiro atoms. The highest BCUT2D eigenvalue weighted by Gasteiger charge is 2.33. The quantitative estimate of drug-likeness (QED) is 0.642. The smallest absolute Gasteiger partial charge is 0.238 e. The molecule has 1 saturated heterocycles. The molecule has 0 unspecified atom stereocenters. The summed E-state index contributed by atoms with van der Waals surface area (Å²) in [7, 11) is -3.80. The summed E-state index contributed by atoms with van der Waals surface area (Å²) in [4.78, 5) is 6.23. The number of hydrogen-bond donors (Lipinski definition) is 1. The highest BCUT2D eigenvalue weighted by atomic mass is 32.2. The van der Waals surface area contributed by atoms with Crippen molar-refractivity contribution in [3.05, 3.63) is 71.8 Å². The molecule has 30 heavy (non-hydrogen) atoms. The Morgan fingerprint density at radius 3 is 2.23 bits per heavy atom. The molecule has 3 aromatic rings. The third-order valence-corrected chi connectivity index (χ3v) is 5.88. The number of nitrogens with zero attached hydrogens (tertiary/aromatic N) is 4. The minimum atomic E-state index is -3.80. The maximum absolute atomic E-state index is 13.5. The highest BCUT2D eigenvalue weighted by molar-refractivity contribution is 7.89. The Morgan fingerprint density at radius 1 is 1.00 bits per heavy atom. The normalized spacial score (nSPS) is 20.0. The van der Waals surface area contributed by atoms with E-state index in [1.54, 1.807) is 21.7 Å². The molecule has 0 radical (unpaired) electrons. The van der Waals surface area contributed by atoms with Gasteiger partial charge in [-0.05, 0) is 29.8 Å². The van der Waals surface area contributed by atoms with Crippen molar-refractivity contribution in [2.45, 2.75) is 30.2 Å². The number of nitrogens with two attached hydrogens (primary N) is 1. The Kier molecular flexibility index (Phi) is 5.63. The number of sulfonamides is 1. The first-order chi connectivity index (χ1) is 14.3. The van der Waals surface area contributed by atoms with Crippen LogP contribution >= 0.6 is 0 Å². The van der Waals surface area contributed by atoms with E-state index < -0.39 is 22.4 Å². The van der Waals surface area contributed by atoms with E-state index in [2.05, 4.69) is 10.1 Å². The van der Waals surface area contributed by atoms with Gasteiger partial charge in [0.1, 0.15) is 18.2 Å². The van der Waals surface area contributed by atoms with Crippen molar-refractivity contribution in [2.24, 2.45) is 5.14 Å². The van der Waals surface area contributed by atoms with Crippen LogP contribution in [-0.4, -0.2) is 53.5 Å². The van der Waals surface area contributed by atoms with Crippen molar-refractivity contribution in [1.82, 2.24) is 19.7 Å². The summed E-state index contributed by atoms with van der Waals surface area (Å²) in [5.41, 5.74) is 1.63. The third-order valence-electron chi connectivity index (χ3n) is 4.96. The van der Waals surface area contributed by atoms with E-state index >= 15 is 0 Å². The molecule has 0 bridgehead atoms. The van der Waals surface area contributed by atoms with E-state index in [9.17, 15) is 17.2 Å². The van der Waals surface area contributed by atoms with Crippen LogP contribution in [0.3, 0.4) is 0 Å². The van der Waals surface area contributed by atoms with Crippen LogP contribution in [0.25, 0.3) is 5.69 Å². The number of alkyl halides is 2. The van der Waals surface area contributed by atoms with Crippen molar-refractivity contribution >= 4 is 10.0 Å². The maximum Gasteiger partial charge on any atom is 0.238 e. The first-order valence-corrected chi connectivity index (χ1v) is 11.0. The Morgan fingerprint density at radius 2 is 1.63 bits per heavy atom. The molecule has 2 heterocycles. The van der Waals surface area contributed by atoms with Gasteiger partial charge in [0.05, 0.1) is 17.1 Å². The van der Waals surface area contributed by atoms with Crippen LogP contribution in [0.1, 0.15) is 17.2 Å². The molecule has 1 aliphatic rings. The Hall–Kier alpha value is -2.69. The van der Waals surface area contributed by atoms with Gasteiger partial charge in [0.15, 0.2) is 5.82 Å². The molecule has 1 aliphatic heterocycles. The number of hydrogen-bond acceptors (Lipinski definition) is 5. The van der Waals surface area contributed by atoms with E-state index in [1.807, 2.05) is 30.3 Å². The molecular weight excluding hydrogens is 412 g/mol. The minimum Gasteiger partial charge on any atom is -0.290 e. The Balaban J connectivity index is 1.65. The predicted octanol–water partition coefficient (Wildman–Crippen LogP) is 2.00. The number of halogens is 2. The summed E-state index contributed by atoms with van der Waals surface area (Å²) >= 11 is 0. The van der Waals surface area contributed by atoms with Crippen LogP contribution in [-0.2, 0) is 23.0 Å². The fraction of sp³-hybridized carbons (Fsp3) is 0.300. The van der Waals surface area contributed by atoms with Gasteiger partial charge in [0, 0.05) is 19.5 Å². The number of likely N-dealkylation sites (tertiary alicyclic amines) is 1. The second kappa shape index (κ2) is 8.21. The van der Waals surface area contributed by atoms with Crippen LogP contribution in [0, 0.1) is 0 Å². The van der Waals surface area contributed by atoms with Crippen molar-refractivity contribution in [3.63, 3.8) is 0 Å². The zero-order valence-electron chi connectivity index (χ0n) is 16.0. The van der Waals surface area contributed by atoms with Gasteiger partial charge in [-0.1, -0.05) is 30.3 Å². The van der Waals surface area contributed by atoms with Crippen LogP contribution in [0.4, 0.5) is 8.78 Å². The second-order valence-electron chi connectivity index (χ2n) is 7.28. The number of rotatable bonds is 6. The standard InChI is InChI=1S/C20H21F2N5O2S/c21-17-11-26(12-18(17)22)13-19-24-20(10-14-4-2-1-3-5-14)27(25-19)15-6-8-16(9-7-15)30(23,28)29/h1-9,17-18H,10-13H2,(H2,23,28,29)/t17-,18-/m1/s1. The third kappa shape index (κ3) is 4.55. The molecule has 2 N–H and O–H groups in total. The SMILES string of the molecule is NS(=O)(=O)c1ccc(-n2nc(CN3C[C@@H](F)[C@H](F)C3)nc2Cc2ccccc2)cc1. The molecular formula is C20H21F2N5O2S. The van der Waals surface area contributed by atoms with Crippen molar-refractivity contribution < 1.29 is 17.2 Å².